The van der Waals surface area contributed by atoms with E-state index in [2.05, 4.69) is 4.98 Å². The van der Waals surface area contributed by atoms with Gasteiger partial charge in [0.05, 0.1) is 35.9 Å². The van der Waals surface area contributed by atoms with E-state index < -0.39 is 5.97 Å². The van der Waals surface area contributed by atoms with Crippen molar-refractivity contribution in [2.45, 2.75) is 45.1 Å². The van der Waals surface area contributed by atoms with Crippen LogP contribution < -0.4 is 5.56 Å². The van der Waals surface area contributed by atoms with Gasteiger partial charge in [-0.05, 0) is 49.8 Å². The number of hydrogen-bond acceptors (Lipinski definition) is 7. The maximum absolute atomic E-state index is 12.9. The van der Waals surface area contributed by atoms with E-state index in [1.807, 2.05) is 0 Å². The SMILES string of the molecule is O=C(CCn1cnc2sc3c(c2c1=O)CCCC3)OCCCN1C(=O)c2ccccc2C1=O. The number of carbonyl (C=O) groups excluding carboxylic acids is 3. The number of aryl methyl sites for hydroxylation is 3. The molecule has 170 valence electrons. The minimum absolute atomic E-state index is 0.0481. The van der Waals surface area contributed by atoms with Crippen molar-refractivity contribution in [2.24, 2.45) is 0 Å². The second kappa shape index (κ2) is 8.90. The number of rotatable bonds is 7. The second-order valence-corrected chi connectivity index (χ2v) is 9.35. The molecule has 0 unspecified atom stereocenters. The van der Waals surface area contributed by atoms with Crippen molar-refractivity contribution in [3.63, 3.8) is 0 Å². The minimum Gasteiger partial charge on any atom is -0.466 e. The van der Waals surface area contributed by atoms with Crippen LogP contribution in [0, 0.1) is 0 Å². The molecule has 1 aromatic carbocycles. The van der Waals surface area contributed by atoms with Gasteiger partial charge in [0.15, 0.2) is 0 Å². The maximum atomic E-state index is 12.9. The molecular weight excluding hydrogens is 442 g/mol. The molecule has 0 radical (unpaired) electrons. The molecule has 0 saturated heterocycles. The fourth-order valence-corrected chi connectivity index (χ4v) is 5.69. The highest BCUT2D eigenvalue weighted by Crippen LogP contribution is 2.33. The molecule has 9 heteroatoms. The van der Waals surface area contributed by atoms with Crippen LogP contribution in [0.3, 0.4) is 0 Å². The molecule has 0 spiro atoms. The normalized spacial score (nSPS) is 15.1. The van der Waals surface area contributed by atoms with E-state index in [0.717, 1.165) is 36.1 Å². The lowest BCUT2D eigenvalue weighted by atomic mass is 9.97. The van der Waals surface area contributed by atoms with Crippen LogP contribution in [-0.4, -0.2) is 45.4 Å². The first-order chi connectivity index (χ1) is 16.0. The molecule has 5 rings (SSSR count). The van der Waals surface area contributed by atoms with Crippen LogP contribution in [0.2, 0.25) is 0 Å². The number of esters is 1. The molecule has 1 aliphatic heterocycles. The number of fused-ring (bicyclic) bond motifs is 4. The Balaban J connectivity index is 1.13. The summed E-state index contributed by atoms with van der Waals surface area (Å²) in [4.78, 5) is 57.5. The maximum Gasteiger partial charge on any atom is 0.307 e. The van der Waals surface area contributed by atoms with E-state index in [1.165, 1.54) is 20.7 Å². The lowest BCUT2D eigenvalue weighted by molar-refractivity contribution is -0.144. The number of imide groups is 1. The van der Waals surface area contributed by atoms with Gasteiger partial charge in [0.25, 0.3) is 17.4 Å². The molecular formula is C24H23N3O5S. The van der Waals surface area contributed by atoms with Crippen LogP contribution >= 0.6 is 11.3 Å². The van der Waals surface area contributed by atoms with Gasteiger partial charge in [-0.3, -0.25) is 28.6 Å². The number of hydrogen-bond donors (Lipinski definition) is 0. The summed E-state index contributed by atoms with van der Waals surface area (Å²) >= 11 is 1.60. The van der Waals surface area contributed by atoms with Crippen molar-refractivity contribution in [1.82, 2.24) is 14.5 Å². The number of carbonyl (C=O) groups is 3. The fourth-order valence-electron chi connectivity index (χ4n) is 4.48. The topological polar surface area (TPSA) is 98.6 Å². The molecule has 0 N–H and O–H groups in total. The van der Waals surface area contributed by atoms with Crippen LogP contribution in [0.1, 0.15) is 56.8 Å². The Kier molecular flexibility index (Phi) is 5.80. The Bertz CT molecular complexity index is 1290. The predicted octanol–water partition coefficient (Wildman–Crippen LogP) is 2.96. The standard InChI is InChI=1S/C24H23N3O5S/c28-19(32-13-5-11-27-22(29)15-6-1-2-7-16(15)23(27)30)10-12-26-14-25-21-20(24(26)31)17-8-3-4-9-18(17)33-21/h1-2,6-7,14H,3-5,8-13H2. The highest BCUT2D eigenvalue weighted by Gasteiger charge is 2.34. The first-order valence-corrected chi connectivity index (χ1v) is 12.0. The number of aromatic nitrogens is 2. The molecule has 0 saturated carbocycles. The Hall–Kier alpha value is -3.33. The summed E-state index contributed by atoms with van der Waals surface area (Å²) in [7, 11) is 0. The van der Waals surface area contributed by atoms with Crippen LogP contribution in [0.25, 0.3) is 10.2 Å². The van der Waals surface area contributed by atoms with Gasteiger partial charge >= 0.3 is 5.97 Å². The molecule has 2 aliphatic rings. The summed E-state index contributed by atoms with van der Waals surface area (Å²) in [6.45, 7) is 0.475. The Morgan fingerprint density at radius 3 is 2.52 bits per heavy atom. The largest absolute Gasteiger partial charge is 0.466 e. The second-order valence-electron chi connectivity index (χ2n) is 8.27. The molecule has 3 aromatic rings. The van der Waals surface area contributed by atoms with E-state index in [0.29, 0.717) is 22.9 Å². The first kappa shape index (κ1) is 21.5. The zero-order valence-corrected chi connectivity index (χ0v) is 18.9. The minimum atomic E-state index is -0.434. The van der Waals surface area contributed by atoms with Gasteiger partial charge in [-0.1, -0.05) is 12.1 Å². The molecule has 1 aliphatic carbocycles. The van der Waals surface area contributed by atoms with E-state index in [1.54, 1.807) is 35.6 Å². The van der Waals surface area contributed by atoms with Crippen LogP contribution in [0.15, 0.2) is 35.4 Å². The Labute approximate surface area is 193 Å². The fraction of sp³-hybridized carbons (Fsp3) is 0.375. The van der Waals surface area contributed by atoms with Gasteiger partial charge < -0.3 is 4.74 Å². The number of thiophene rings is 1. The molecule has 33 heavy (non-hydrogen) atoms. The van der Waals surface area contributed by atoms with Gasteiger partial charge in [-0.2, -0.15) is 0 Å². The molecule has 0 fully saturated rings. The third kappa shape index (κ3) is 3.97. The highest BCUT2D eigenvalue weighted by atomic mass is 32.1. The van der Waals surface area contributed by atoms with E-state index in [-0.39, 0.29) is 43.5 Å². The van der Waals surface area contributed by atoms with Crippen molar-refractivity contribution in [1.29, 1.82) is 0 Å². The summed E-state index contributed by atoms with van der Waals surface area (Å²) in [5.74, 6) is -1.07. The van der Waals surface area contributed by atoms with Crippen molar-refractivity contribution in [3.05, 3.63) is 62.5 Å². The number of nitrogens with zero attached hydrogens (tertiary/aromatic N) is 3. The number of ether oxygens (including phenoxy) is 1. The van der Waals surface area contributed by atoms with E-state index in [4.69, 9.17) is 4.74 Å². The summed E-state index contributed by atoms with van der Waals surface area (Å²) in [6, 6.07) is 6.72. The molecule has 8 nitrogen and oxygen atoms in total. The number of benzene rings is 1. The zero-order valence-electron chi connectivity index (χ0n) is 18.0. The van der Waals surface area contributed by atoms with Crippen LogP contribution in [0.5, 0.6) is 0 Å². The average Bonchev–Trinajstić information content (AvgIpc) is 3.32. The van der Waals surface area contributed by atoms with Crippen molar-refractivity contribution < 1.29 is 19.1 Å². The van der Waals surface area contributed by atoms with Gasteiger partial charge in [0.1, 0.15) is 4.83 Å². The van der Waals surface area contributed by atoms with Gasteiger partial charge in [0, 0.05) is 18.0 Å². The van der Waals surface area contributed by atoms with Crippen molar-refractivity contribution in [2.75, 3.05) is 13.2 Å². The summed E-state index contributed by atoms with van der Waals surface area (Å²) in [5, 5.41) is 0.700. The summed E-state index contributed by atoms with van der Waals surface area (Å²) in [6.07, 6.45) is 6.04. The number of amides is 2. The van der Waals surface area contributed by atoms with Crippen LogP contribution in [0.4, 0.5) is 0 Å². The molecule has 0 atom stereocenters. The zero-order chi connectivity index (χ0) is 22.9. The quantitative estimate of drug-likeness (QED) is 0.302. The molecule has 2 aromatic heterocycles. The molecule has 0 bridgehead atoms. The molecule has 3 heterocycles. The van der Waals surface area contributed by atoms with Gasteiger partial charge in [0.2, 0.25) is 0 Å². The van der Waals surface area contributed by atoms with Crippen LogP contribution in [-0.2, 0) is 28.9 Å². The smallest absolute Gasteiger partial charge is 0.307 e. The monoisotopic (exact) mass is 465 g/mol. The third-order valence-corrected chi connectivity index (χ3v) is 7.37. The average molecular weight is 466 g/mol. The lowest BCUT2D eigenvalue weighted by Crippen LogP contribution is -2.31. The van der Waals surface area contributed by atoms with Crippen molar-refractivity contribution >= 4 is 39.3 Å². The van der Waals surface area contributed by atoms with E-state index in [9.17, 15) is 19.2 Å². The summed E-state index contributed by atoms with van der Waals surface area (Å²) in [5.41, 5.74) is 1.84. The summed E-state index contributed by atoms with van der Waals surface area (Å²) < 4.78 is 6.73. The Morgan fingerprint density at radius 1 is 1.03 bits per heavy atom. The predicted molar refractivity (Wildman–Crippen MR) is 123 cm³/mol. The molecule has 2 amide bonds. The van der Waals surface area contributed by atoms with E-state index >= 15 is 0 Å². The Morgan fingerprint density at radius 2 is 1.76 bits per heavy atom. The third-order valence-electron chi connectivity index (χ3n) is 6.17. The van der Waals surface area contributed by atoms with Gasteiger partial charge in [-0.25, -0.2) is 4.98 Å². The van der Waals surface area contributed by atoms with Gasteiger partial charge in [-0.15, -0.1) is 11.3 Å². The highest BCUT2D eigenvalue weighted by molar-refractivity contribution is 7.18. The first-order valence-electron chi connectivity index (χ1n) is 11.1. The lowest BCUT2D eigenvalue weighted by Gasteiger charge is -2.13. The van der Waals surface area contributed by atoms with Crippen molar-refractivity contribution in [3.8, 4) is 0 Å².